The predicted octanol–water partition coefficient (Wildman–Crippen LogP) is 2.76. The van der Waals surface area contributed by atoms with E-state index in [0.717, 1.165) is 16.9 Å². The highest BCUT2D eigenvalue weighted by molar-refractivity contribution is 5.58. The van der Waals surface area contributed by atoms with Crippen LogP contribution in [0.3, 0.4) is 0 Å². The van der Waals surface area contributed by atoms with Crippen LogP contribution < -0.4 is 15.2 Å². The Morgan fingerprint density at radius 3 is 2.40 bits per heavy atom. The number of nitrogen functional groups attached to an aromatic ring is 1. The summed E-state index contributed by atoms with van der Waals surface area (Å²) in [6, 6.07) is 13.8. The minimum atomic E-state index is 0.456. The molecule has 0 unspecified atom stereocenters. The highest BCUT2D eigenvalue weighted by Gasteiger charge is 2.14. The Hall–Kier alpha value is -2.20. The number of hydrogen-bond donors (Lipinski definition) is 1. The molecule has 0 radical (unpaired) electrons. The van der Waals surface area contributed by atoms with Gasteiger partial charge in [-0.05, 0) is 11.6 Å². The van der Waals surface area contributed by atoms with Crippen LogP contribution in [-0.4, -0.2) is 13.2 Å². The second-order valence-electron chi connectivity index (χ2n) is 4.67. The minimum absolute atomic E-state index is 0.456. The Morgan fingerprint density at radius 2 is 1.65 bits per heavy atom. The van der Waals surface area contributed by atoms with Gasteiger partial charge >= 0.3 is 0 Å². The van der Waals surface area contributed by atoms with E-state index in [-0.39, 0.29) is 0 Å². The summed E-state index contributed by atoms with van der Waals surface area (Å²) in [7, 11) is 0. The first-order chi connectivity index (χ1) is 9.83. The van der Waals surface area contributed by atoms with Gasteiger partial charge in [0.05, 0.1) is 13.2 Å². The van der Waals surface area contributed by atoms with Crippen molar-refractivity contribution in [2.75, 3.05) is 18.9 Å². The van der Waals surface area contributed by atoms with E-state index < -0.39 is 0 Å². The second kappa shape index (κ2) is 5.84. The van der Waals surface area contributed by atoms with Crippen LogP contribution in [-0.2, 0) is 18.0 Å². The highest BCUT2D eigenvalue weighted by atomic mass is 16.6. The van der Waals surface area contributed by atoms with Gasteiger partial charge in [-0.15, -0.1) is 0 Å². The quantitative estimate of drug-likeness (QED) is 0.869. The zero-order chi connectivity index (χ0) is 13.8. The normalized spacial score (nSPS) is 13.2. The third kappa shape index (κ3) is 2.86. The molecule has 2 aromatic carbocycles. The van der Waals surface area contributed by atoms with E-state index in [2.05, 4.69) is 0 Å². The van der Waals surface area contributed by atoms with Crippen molar-refractivity contribution in [3.05, 3.63) is 53.6 Å². The molecule has 104 valence electrons. The van der Waals surface area contributed by atoms with E-state index in [9.17, 15) is 0 Å². The van der Waals surface area contributed by atoms with Crippen LogP contribution in [0.25, 0.3) is 0 Å². The zero-order valence-corrected chi connectivity index (χ0v) is 11.2. The van der Waals surface area contributed by atoms with Gasteiger partial charge in [0.2, 0.25) is 0 Å². The molecule has 20 heavy (non-hydrogen) atoms. The SMILES string of the molecule is Nc1cc2c(cc1COCc1ccccc1)OCCO2. The third-order valence-corrected chi connectivity index (χ3v) is 3.17. The second-order valence-corrected chi connectivity index (χ2v) is 4.67. The molecule has 0 bridgehead atoms. The first kappa shape index (κ1) is 12.8. The number of rotatable bonds is 4. The van der Waals surface area contributed by atoms with Gasteiger partial charge < -0.3 is 19.9 Å². The summed E-state index contributed by atoms with van der Waals surface area (Å²) in [5.41, 5.74) is 8.74. The summed E-state index contributed by atoms with van der Waals surface area (Å²) >= 11 is 0. The van der Waals surface area contributed by atoms with Crippen molar-refractivity contribution in [2.45, 2.75) is 13.2 Å². The molecule has 3 rings (SSSR count). The van der Waals surface area contributed by atoms with Crippen molar-refractivity contribution >= 4 is 5.69 Å². The van der Waals surface area contributed by atoms with E-state index in [1.54, 1.807) is 6.07 Å². The lowest BCUT2D eigenvalue weighted by Crippen LogP contribution is -2.16. The molecule has 4 nitrogen and oxygen atoms in total. The van der Waals surface area contributed by atoms with E-state index >= 15 is 0 Å². The lowest BCUT2D eigenvalue weighted by atomic mass is 10.1. The number of fused-ring (bicyclic) bond motifs is 1. The van der Waals surface area contributed by atoms with Gasteiger partial charge in [0.1, 0.15) is 13.2 Å². The fraction of sp³-hybridized carbons (Fsp3) is 0.250. The van der Waals surface area contributed by atoms with Crippen molar-refractivity contribution in [1.82, 2.24) is 0 Å². The topological polar surface area (TPSA) is 53.7 Å². The van der Waals surface area contributed by atoms with Crippen LogP contribution in [0.4, 0.5) is 5.69 Å². The van der Waals surface area contributed by atoms with Crippen molar-refractivity contribution in [3.63, 3.8) is 0 Å². The first-order valence-corrected chi connectivity index (χ1v) is 6.62. The van der Waals surface area contributed by atoms with Crippen LogP contribution in [0.2, 0.25) is 0 Å². The van der Waals surface area contributed by atoms with Gasteiger partial charge in [0.15, 0.2) is 11.5 Å². The van der Waals surface area contributed by atoms with Crippen LogP contribution in [0, 0.1) is 0 Å². The third-order valence-electron chi connectivity index (χ3n) is 3.17. The molecular formula is C16H17NO3. The molecule has 4 heteroatoms. The van der Waals surface area contributed by atoms with Gasteiger partial charge in [-0.2, -0.15) is 0 Å². The molecule has 0 amide bonds. The Bertz CT molecular complexity index is 584. The van der Waals surface area contributed by atoms with Gasteiger partial charge in [0.25, 0.3) is 0 Å². The predicted molar refractivity (Wildman–Crippen MR) is 76.8 cm³/mol. The first-order valence-electron chi connectivity index (χ1n) is 6.62. The van der Waals surface area contributed by atoms with Crippen molar-refractivity contribution in [1.29, 1.82) is 0 Å². The molecule has 0 saturated carbocycles. The largest absolute Gasteiger partial charge is 0.486 e. The molecule has 0 saturated heterocycles. The molecule has 0 atom stereocenters. The smallest absolute Gasteiger partial charge is 0.163 e. The summed E-state index contributed by atoms with van der Waals surface area (Å²) in [5, 5.41) is 0. The average Bonchev–Trinajstić information content (AvgIpc) is 2.49. The maximum atomic E-state index is 6.01. The van der Waals surface area contributed by atoms with E-state index in [4.69, 9.17) is 19.9 Å². The van der Waals surface area contributed by atoms with E-state index in [1.807, 2.05) is 36.4 Å². The molecule has 1 heterocycles. The van der Waals surface area contributed by atoms with Crippen molar-refractivity contribution in [2.24, 2.45) is 0 Å². The molecule has 2 N–H and O–H groups in total. The average molecular weight is 271 g/mol. The summed E-state index contributed by atoms with van der Waals surface area (Å²) in [6.45, 7) is 2.16. The Balaban J connectivity index is 1.65. The molecular weight excluding hydrogens is 254 g/mol. The van der Waals surface area contributed by atoms with Crippen molar-refractivity contribution < 1.29 is 14.2 Å². The lowest BCUT2D eigenvalue weighted by Gasteiger charge is -2.20. The number of hydrogen-bond acceptors (Lipinski definition) is 4. The van der Waals surface area contributed by atoms with Gasteiger partial charge in [-0.1, -0.05) is 30.3 Å². The van der Waals surface area contributed by atoms with Gasteiger partial charge in [-0.25, -0.2) is 0 Å². The molecule has 0 aromatic heterocycles. The molecule has 1 aliphatic heterocycles. The van der Waals surface area contributed by atoms with Crippen LogP contribution in [0.15, 0.2) is 42.5 Å². The number of ether oxygens (including phenoxy) is 3. The number of anilines is 1. The summed E-state index contributed by atoms with van der Waals surface area (Å²) in [4.78, 5) is 0. The van der Waals surface area contributed by atoms with Crippen LogP contribution in [0.5, 0.6) is 11.5 Å². The number of nitrogens with two attached hydrogens (primary N) is 1. The summed E-state index contributed by atoms with van der Waals surface area (Å²) < 4.78 is 16.7. The van der Waals surface area contributed by atoms with Gasteiger partial charge in [0, 0.05) is 17.3 Å². The zero-order valence-electron chi connectivity index (χ0n) is 11.2. The molecule has 1 aliphatic rings. The van der Waals surface area contributed by atoms with E-state index in [0.29, 0.717) is 37.9 Å². The standard InChI is InChI=1S/C16H17NO3/c17-14-9-16-15(19-6-7-20-16)8-13(14)11-18-10-12-4-2-1-3-5-12/h1-5,8-9H,6-7,10-11,17H2. The fourth-order valence-corrected chi connectivity index (χ4v) is 2.12. The molecule has 2 aromatic rings. The Labute approximate surface area is 118 Å². The molecule has 0 spiro atoms. The number of benzene rings is 2. The fourth-order valence-electron chi connectivity index (χ4n) is 2.12. The minimum Gasteiger partial charge on any atom is -0.486 e. The monoisotopic (exact) mass is 271 g/mol. The summed E-state index contributed by atoms with van der Waals surface area (Å²) in [6.07, 6.45) is 0. The Morgan fingerprint density at radius 1 is 0.950 bits per heavy atom. The summed E-state index contributed by atoms with van der Waals surface area (Å²) in [5.74, 6) is 1.45. The Kier molecular flexibility index (Phi) is 3.74. The van der Waals surface area contributed by atoms with Gasteiger partial charge in [-0.3, -0.25) is 0 Å². The molecule has 0 fully saturated rings. The maximum absolute atomic E-state index is 6.01. The van der Waals surface area contributed by atoms with Crippen molar-refractivity contribution in [3.8, 4) is 11.5 Å². The highest BCUT2D eigenvalue weighted by Crippen LogP contribution is 2.34. The van der Waals surface area contributed by atoms with Crippen LogP contribution in [0.1, 0.15) is 11.1 Å². The van der Waals surface area contributed by atoms with E-state index in [1.165, 1.54) is 0 Å². The maximum Gasteiger partial charge on any atom is 0.163 e. The molecule has 0 aliphatic carbocycles. The lowest BCUT2D eigenvalue weighted by molar-refractivity contribution is 0.107. The van der Waals surface area contributed by atoms with Crippen LogP contribution >= 0.6 is 0 Å².